The molecule has 2 aliphatic heterocycles. The molecule has 8 nitrogen and oxygen atoms in total. The number of fused-ring (bicyclic) bond motifs is 1. The van der Waals surface area contributed by atoms with E-state index in [0.29, 0.717) is 32.4 Å². The predicted octanol–water partition coefficient (Wildman–Crippen LogP) is 2.21. The van der Waals surface area contributed by atoms with E-state index in [4.69, 9.17) is 4.74 Å². The van der Waals surface area contributed by atoms with Crippen LogP contribution in [0.3, 0.4) is 0 Å². The van der Waals surface area contributed by atoms with Gasteiger partial charge in [0.05, 0.1) is 12.6 Å². The SMILES string of the molecule is CC(=O)NCC(C)CCC(=O)N1CC(=O)[C@@H]2[C@H]1CCN2C(=O)OC(C(C)C)C(C)C. The fourth-order valence-corrected chi connectivity index (χ4v) is 4.51. The van der Waals surface area contributed by atoms with Gasteiger partial charge in [0.1, 0.15) is 12.1 Å². The molecule has 30 heavy (non-hydrogen) atoms. The fourth-order valence-electron chi connectivity index (χ4n) is 4.51. The number of likely N-dealkylation sites (tertiary alicyclic amines) is 2. The molecule has 0 bridgehead atoms. The molecule has 3 amide bonds. The summed E-state index contributed by atoms with van der Waals surface area (Å²) in [6.45, 7) is 12.5. The predicted molar refractivity (Wildman–Crippen MR) is 113 cm³/mol. The normalized spacial score (nSPS) is 22.1. The number of hydrogen-bond acceptors (Lipinski definition) is 5. The van der Waals surface area contributed by atoms with Crippen LogP contribution >= 0.6 is 0 Å². The third kappa shape index (κ3) is 5.73. The topological polar surface area (TPSA) is 96.0 Å². The maximum Gasteiger partial charge on any atom is 0.410 e. The average Bonchev–Trinajstić information content (AvgIpc) is 3.23. The highest BCUT2D eigenvalue weighted by molar-refractivity contribution is 5.96. The Labute approximate surface area is 179 Å². The molecule has 0 saturated carbocycles. The van der Waals surface area contributed by atoms with Crippen LogP contribution in [0.5, 0.6) is 0 Å². The van der Waals surface area contributed by atoms with E-state index < -0.39 is 12.1 Å². The van der Waals surface area contributed by atoms with Gasteiger partial charge in [0, 0.05) is 26.4 Å². The zero-order valence-corrected chi connectivity index (χ0v) is 19.1. The second-order valence-corrected chi connectivity index (χ2v) is 9.40. The van der Waals surface area contributed by atoms with E-state index in [1.165, 1.54) is 11.8 Å². The Balaban J connectivity index is 1.95. The molecule has 2 fully saturated rings. The van der Waals surface area contributed by atoms with Crippen molar-refractivity contribution in [3.05, 3.63) is 0 Å². The lowest BCUT2D eigenvalue weighted by molar-refractivity contribution is -0.133. The minimum absolute atomic E-state index is 0.0514. The van der Waals surface area contributed by atoms with Gasteiger partial charge in [-0.3, -0.25) is 19.3 Å². The van der Waals surface area contributed by atoms with Crippen molar-refractivity contribution in [1.82, 2.24) is 15.1 Å². The van der Waals surface area contributed by atoms with Gasteiger partial charge in [-0.1, -0.05) is 34.6 Å². The maximum atomic E-state index is 12.8. The van der Waals surface area contributed by atoms with Gasteiger partial charge in [-0.25, -0.2) is 4.79 Å². The number of hydrogen-bond donors (Lipinski definition) is 1. The quantitative estimate of drug-likeness (QED) is 0.646. The summed E-state index contributed by atoms with van der Waals surface area (Å²) in [5.41, 5.74) is 0. The summed E-state index contributed by atoms with van der Waals surface area (Å²) in [5.74, 6) is 0.290. The zero-order chi connectivity index (χ0) is 22.6. The number of ether oxygens (including phenoxy) is 1. The second-order valence-electron chi connectivity index (χ2n) is 9.40. The summed E-state index contributed by atoms with van der Waals surface area (Å²) in [5, 5.41) is 2.76. The van der Waals surface area contributed by atoms with E-state index in [9.17, 15) is 19.2 Å². The summed E-state index contributed by atoms with van der Waals surface area (Å²) >= 11 is 0. The highest BCUT2D eigenvalue weighted by Gasteiger charge is 2.52. The van der Waals surface area contributed by atoms with Gasteiger partial charge in [-0.05, 0) is 30.6 Å². The van der Waals surface area contributed by atoms with Crippen molar-refractivity contribution in [2.45, 2.75) is 79.0 Å². The van der Waals surface area contributed by atoms with Crippen LogP contribution < -0.4 is 5.32 Å². The van der Waals surface area contributed by atoms with Gasteiger partial charge in [0.2, 0.25) is 11.8 Å². The molecule has 0 radical (unpaired) electrons. The van der Waals surface area contributed by atoms with Crippen LogP contribution in [0.15, 0.2) is 0 Å². The largest absolute Gasteiger partial charge is 0.446 e. The molecule has 2 heterocycles. The van der Waals surface area contributed by atoms with Gasteiger partial charge < -0.3 is 15.0 Å². The standard InChI is InChI=1S/C22H37N3O5/c1-13(2)21(14(3)4)30-22(29)24-10-9-17-20(24)18(27)12-25(17)19(28)8-7-15(5)11-23-16(6)26/h13-15,17,20-21H,7-12H2,1-6H3,(H,23,26)/t15?,17-,20+/m1/s1. The van der Waals surface area contributed by atoms with E-state index in [-0.39, 0.29) is 54.0 Å². The molecular weight excluding hydrogens is 386 g/mol. The molecule has 2 aliphatic rings. The maximum absolute atomic E-state index is 12.8. The average molecular weight is 424 g/mol. The summed E-state index contributed by atoms with van der Waals surface area (Å²) < 4.78 is 5.73. The summed E-state index contributed by atoms with van der Waals surface area (Å²) in [4.78, 5) is 52.4. The Bertz CT molecular complexity index is 655. The number of nitrogens with zero attached hydrogens (tertiary/aromatic N) is 2. The lowest BCUT2D eigenvalue weighted by Gasteiger charge is -2.29. The molecule has 1 N–H and O–H groups in total. The smallest absolute Gasteiger partial charge is 0.410 e. The van der Waals surface area contributed by atoms with Gasteiger partial charge in [-0.2, -0.15) is 0 Å². The Kier molecular flexibility index (Phi) is 8.26. The van der Waals surface area contributed by atoms with Crippen molar-refractivity contribution in [2.24, 2.45) is 17.8 Å². The van der Waals surface area contributed by atoms with E-state index in [2.05, 4.69) is 5.32 Å². The number of rotatable bonds is 8. The number of Topliss-reactive ketones (excluding diaryl/α,β-unsaturated/α-hetero) is 1. The minimum atomic E-state index is -0.599. The molecule has 0 aromatic rings. The van der Waals surface area contributed by atoms with Crippen molar-refractivity contribution < 1.29 is 23.9 Å². The summed E-state index contributed by atoms with van der Waals surface area (Å²) in [7, 11) is 0. The van der Waals surface area contributed by atoms with E-state index >= 15 is 0 Å². The molecule has 0 aliphatic carbocycles. The molecule has 0 aromatic heterocycles. The van der Waals surface area contributed by atoms with Crippen LogP contribution in [0.4, 0.5) is 4.79 Å². The first-order valence-corrected chi connectivity index (χ1v) is 11.1. The van der Waals surface area contributed by atoms with Crippen molar-refractivity contribution in [2.75, 3.05) is 19.6 Å². The van der Waals surface area contributed by atoms with Crippen LogP contribution in [-0.2, 0) is 19.1 Å². The van der Waals surface area contributed by atoms with Gasteiger partial charge in [0.25, 0.3) is 0 Å². The highest BCUT2D eigenvalue weighted by atomic mass is 16.6. The number of ketones is 1. The Hall–Kier alpha value is -2.12. The minimum Gasteiger partial charge on any atom is -0.446 e. The van der Waals surface area contributed by atoms with Crippen molar-refractivity contribution in [3.63, 3.8) is 0 Å². The molecule has 0 spiro atoms. The first-order chi connectivity index (χ1) is 14.0. The van der Waals surface area contributed by atoms with E-state index in [1.54, 1.807) is 4.90 Å². The van der Waals surface area contributed by atoms with Crippen LogP contribution in [0.25, 0.3) is 0 Å². The van der Waals surface area contributed by atoms with Crippen LogP contribution in [0.1, 0.15) is 60.8 Å². The van der Waals surface area contributed by atoms with E-state index in [1.807, 2.05) is 34.6 Å². The molecule has 170 valence electrons. The molecule has 2 saturated heterocycles. The molecule has 8 heteroatoms. The fraction of sp³-hybridized carbons (Fsp3) is 0.818. The van der Waals surface area contributed by atoms with Crippen molar-refractivity contribution in [3.8, 4) is 0 Å². The molecule has 2 rings (SSSR count). The van der Waals surface area contributed by atoms with Crippen LogP contribution in [0, 0.1) is 17.8 Å². The number of amides is 3. The van der Waals surface area contributed by atoms with Gasteiger partial charge >= 0.3 is 6.09 Å². The Morgan fingerprint density at radius 1 is 1.10 bits per heavy atom. The van der Waals surface area contributed by atoms with Crippen molar-refractivity contribution >= 4 is 23.7 Å². The molecule has 1 unspecified atom stereocenters. The lowest BCUT2D eigenvalue weighted by atomic mass is 9.96. The summed E-state index contributed by atoms with van der Waals surface area (Å²) in [6.07, 6.45) is 0.881. The first-order valence-electron chi connectivity index (χ1n) is 11.1. The molecule has 0 aromatic carbocycles. The lowest BCUT2D eigenvalue weighted by Crippen LogP contribution is -2.45. The molecule has 3 atom stereocenters. The third-order valence-corrected chi connectivity index (χ3v) is 6.08. The second kappa shape index (κ2) is 10.3. The van der Waals surface area contributed by atoms with Crippen LogP contribution in [0.2, 0.25) is 0 Å². The van der Waals surface area contributed by atoms with Crippen molar-refractivity contribution in [1.29, 1.82) is 0 Å². The third-order valence-electron chi connectivity index (χ3n) is 6.08. The monoisotopic (exact) mass is 423 g/mol. The number of nitrogens with one attached hydrogen (secondary N) is 1. The first kappa shape index (κ1) is 24.2. The van der Waals surface area contributed by atoms with E-state index in [0.717, 1.165) is 0 Å². The summed E-state index contributed by atoms with van der Waals surface area (Å²) in [6, 6.07) is -0.863. The van der Waals surface area contributed by atoms with Crippen LogP contribution in [-0.4, -0.2) is 71.3 Å². The molecular formula is C22H37N3O5. The van der Waals surface area contributed by atoms with Gasteiger partial charge in [0.15, 0.2) is 5.78 Å². The highest BCUT2D eigenvalue weighted by Crippen LogP contribution is 2.31. The number of carbonyl (C=O) groups is 4. The van der Waals surface area contributed by atoms with Gasteiger partial charge in [-0.15, -0.1) is 0 Å². The Morgan fingerprint density at radius 2 is 1.73 bits per heavy atom. The number of carbonyl (C=O) groups excluding carboxylic acids is 4. The Morgan fingerprint density at radius 3 is 2.30 bits per heavy atom. The zero-order valence-electron chi connectivity index (χ0n) is 19.1.